The molecule has 0 unspecified atom stereocenters. The van der Waals surface area contributed by atoms with Crippen molar-refractivity contribution >= 4 is 28.9 Å². The van der Waals surface area contributed by atoms with Gasteiger partial charge in [-0.1, -0.05) is 0 Å². The van der Waals surface area contributed by atoms with Crippen molar-refractivity contribution in [3.63, 3.8) is 0 Å². The van der Waals surface area contributed by atoms with Crippen molar-refractivity contribution in [3.05, 3.63) is 36.4 Å². The van der Waals surface area contributed by atoms with Gasteiger partial charge < -0.3 is 15.5 Å². The van der Waals surface area contributed by atoms with Crippen molar-refractivity contribution in [2.45, 2.75) is 26.2 Å². The lowest BCUT2D eigenvalue weighted by Crippen LogP contribution is -2.30. The quantitative estimate of drug-likeness (QED) is 0.907. The average molecular weight is 311 g/mol. The van der Waals surface area contributed by atoms with E-state index >= 15 is 0 Å². The lowest BCUT2D eigenvalue weighted by molar-refractivity contribution is -0.114. The second-order valence-corrected chi connectivity index (χ2v) is 5.71. The van der Waals surface area contributed by atoms with Gasteiger partial charge in [-0.25, -0.2) is 0 Å². The molecule has 0 aliphatic carbocycles. The van der Waals surface area contributed by atoms with Crippen LogP contribution >= 0.6 is 0 Å². The summed E-state index contributed by atoms with van der Waals surface area (Å²) in [6, 6.07) is 11.4. The molecule has 1 amide bonds. The molecule has 0 saturated carbocycles. The first kappa shape index (κ1) is 15.3. The highest BCUT2D eigenvalue weighted by molar-refractivity contribution is 5.88. The maximum atomic E-state index is 11.0. The number of rotatable bonds is 4. The van der Waals surface area contributed by atoms with E-state index in [-0.39, 0.29) is 5.91 Å². The van der Waals surface area contributed by atoms with Crippen LogP contribution in [0.1, 0.15) is 26.2 Å². The molecule has 120 valence electrons. The Bertz CT molecular complexity index is 648. The first-order valence-corrected chi connectivity index (χ1v) is 7.94. The van der Waals surface area contributed by atoms with Gasteiger partial charge in [0.2, 0.25) is 5.91 Å². The summed E-state index contributed by atoms with van der Waals surface area (Å²) in [5.41, 5.74) is 1.67. The molecular weight excluding hydrogens is 290 g/mol. The number of hydrogen-bond acceptors (Lipinski definition) is 5. The van der Waals surface area contributed by atoms with E-state index in [1.807, 2.05) is 36.4 Å². The van der Waals surface area contributed by atoms with Crippen LogP contribution in [0.2, 0.25) is 0 Å². The Morgan fingerprint density at radius 2 is 1.65 bits per heavy atom. The van der Waals surface area contributed by atoms with E-state index in [2.05, 4.69) is 25.7 Å². The van der Waals surface area contributed by atoms with Gasteiger partial charge in [0.15, 0.2) is 11.6 Å². The number of piperidine rings is 1. The summed E-state index contributed by atoms with van der Waals surface area (Å²) in [7, 11) is 0. The number of anilines is 4. The van der Waals surface area contributed by atoms with Crippen LogP contribution in [0.4, 0.5) is 23.0 Å². The zero-order chi connectivity index (χ0) is 16.1. The van der Waals surface area contributed by atoms with Gasteiger partial charge in [-0.2, -0.15) is 0 Å². The minimum Gasteiger partial charge on any atom is -0.355 e. The van der Waals surface area contributed by atoms with E-state index in [0.29, 0.717) is 5.82 Å². The molecule has 0 bridgehead atoms. The molecule has 2 heterocycles. The maximum absolute atomic E-state index is 11.0. The van der Waals surface area contributed by atoms with Crippen molar-refractivity contribution < 1.29 is 4.79 Å². The van der Waals surface area contributed by atoms with Crippen LogP contribution in [0.25, 0.3) is 0 Å². The molecule has 0 atom stereocenters. The SMILES string of the molecule is CC(=O)Nc1ccc(Nc2ccc(N3CCCCC3)nn2)cc1. The number of nitrogens with zero attached hydrogens (tertiary/aromatic N) is 3. The standard InChI is InChI=1S/C17H21N5O/c1-13(23)18-14-5-7-15(8-6-14)19-16-9-10-17(21-20-16)22-11-3-2-4-12-22/h5-10H,2-4,11-12H2,1H3,(H,18,23)(H,19,20). The van der Waals surface area contributed by atoms with Crippen molar-refractivity contribution in [3.8, 4) is 0 Å². The van der Waals surface area contributed by atoms with Gasteiger partial charge in [0.1, 0.15) is 0 Å². The van der Waals surface area contributed by atoms with Crippen LogP contribution in [0.3, 0.4) is 0 Å². The van der Waals surface area contributed by atoms with Crippen molar-refractivity contribution in [1.29, 1.82) is 0 Å². The third-order valence-corrected chi connectivity index (χ3v) is 3.81. The molecule has 1 saturated heterocycles. The maximum Gasteiger partial charge on any atom is 0.221 e. The van der Waals surface area contributed by atoms with E-state index in [9.17, 15) is 4.79 Å². The van der Waals surface area contributed by atoms with Crippen molar-refractivity contribution in [2.24, 2.45) is 0 Å². The van der Waals surface area contributed by atoms with Gasteiger partial charge in [0.25, 0.3) is 0 Å². The van der Waals surface area contributed by atoms with Gasteiger partial charge in [-0.3, -0.25) is 4.79 Å². The van der Waals surface area contributed by atoms with Crippen LogP contribution in [0, 0.1) is 0 Å². The monoisotopic (exact) mass is 311 g/mol. The summed E-state index contributed by atoms with van der Waals surface area (Å²) in [4.78, 5) is 13.3. The molecule has 1 aliphatic rings. The number of carbonyl (C=O) groups is 1. The molecule has 0 spiro atoms. The Kier molecular flexibility index (Phi) is 4.71. The van der Waals surface area contributed by atoms with E-state index in [4.69, 9.17) is 0 Å². The molecular formula is C17H21N5O. The molecule has 3 rings (SSSR count). The summed E-state index contributed by atoms with van der Waals surface area (Å²) in [6.07, 6.45) is 3.75. The molecule has 23 heavy (non-hydrogen) atoms. The Morgan fingerprint density at radius 3 is 2.26 bits per heavy atom. The first-order chi connectivity index (χ1) is 11.2. The van der Waals surface area contributed by atoms with Gasteiger partial charge in [0, 0.05) is 31.4 Å². The number of benzene rings is 1. The highest BCUT2D eigenvalue weighted by Gasteiger charge is 2.12. The van der Waals surface area contributed by atoms with Crippen LogP contribution in [0.15, 0.2) is 36.4 Å². The van der Waals surface area contributed by atoms with Gasteiger partial charge in [-0.05, 0) is 55.7 Å². The summed E-state index contributed by atoms with van der Waals surface area (Å²) in [6.45, 7) is 3.61. The predicted molar refractivity (Wildman–Crippen MR) is 92.1 cm³/mol. The van der Waals surface area contributed by atoms with Crippen LogP contribution in [-0.4, -0.2) is 29.2 Å². The molecule has 1 aromatic carbocycles. The van der Waals surface area contributed by atoms with E-state index in [0.717, 1.165) is 30.3 Å². The normalized spacial score (nSPS) is 14.4. The smallest absolute Gasteiger partial charge is 0.221 e. The predicted octanol–water partition coefficient (Wildman–Crippen LogP) is 3.17. The minimum atomic E-state index is -0.0788. The summed E-state index contributed by atoms with van der Waals surface area (Å²) in [5, 5.41) is 14.5. The molecule has 2 N–H and O–H groups in total. The molecule has 6 nitrogen and oxygen atoms in total. The van der Waals surface area contributed by atoms with Crippen LogP contribution in [0.5, 0.6) is 0 Å². The summed E-state index contributed by atoms with van der Waals surface area (Å²) in [5.74, 6) is 1.57. The fourth-order valence-electron chi connectivity index (χ4n) is 2.67. The number of aromatic nitrogens is 2. The minimum absolute atomic E-state index is 0.0788. The van der Waals surface area contributed by atoms with E-state index < -0.39 is 0 Å². The average Bonchev–Trinajstić information content (AvgIpc) is 2.58. The van der Waals surface area contributed by atoms with Crippen molar-refractivity contribution in [2.75, 3.05) is 28.6 Å². The third kappa shape index (κ3) is 4.18. The fraction of sp³-hybridized carbons (Fsp3) is 0.353. The molecule has 6 heteroatoms. The molecule has 1 aromatic heterocycles. The Labute approximate surface area is 135 Å². The first-order valence-electron chi connectivity index (χ1n) is 7.94. The largest absolute Gasteiger partial charge is 0.355 e. The lowest BCUT2D eigenvalue weighted by Gasteiger charge is -2.27. The molecule has 0 radical (unpaired) electrons. The molecule has 1 aliphatic heterocycles. The van der Waals surface area contributed by atoms with Crippen LogP contribution < -0.4 is 15.5 Å². The highest BCUT2D eigenvalue weighted by Crippen LogP contribution is 2.20. The summed E-state index contributed by atoms with van der Waals surface area (Å²) >= 11 is 0. The second kappa shape index (κ2) is 7.09. The molecule has 1 fully saturated rings. The number of carbonyl (C=O) groups excluding carboxylic acids is 1. The van der Waals surface area contributed by atoms with Gasteiger partial charge in [0.05, 0.1) is 0 Å². The Morgan fingerprint density at radius 1 is 0.957 bits per heavy atom. The number of nitrogens with one attached hydrogen (secondary N) is 2. The van der Waals surface area contributed by atoms with E-state index in [1.54, 1.807) is 0 Å². The van der Waals surface area contributed by atoms with E-state index in [1.165, 1.54) is 26.2 Å². The zero-order valence-electron chi connectivity index (χ0n) is 13.2. The Balaban J connectivity index is 1.62. The Hall–Kier alpha value is -2.63. The van der Waals surface area contributed by atoms with Crippen molar-refractivity contribution in [1.82, 2.24) is 10.2 Å². The number of hydrogen-bond donors (Lipinski definition) is 2. The second-order valence-electron chi connectivity index (χ2n) is 5.71. The fourth-order valence-corrected chi connectivity index (χ4v) is 2.67. The van der Waals surface area contributed by atoms with Gasteiger partial charge >= 0.3 is 0 Å². The topological polar surface area (TPSA) is 70.2 Å². The van der Waals surface area contributed by atoms with Gasteiger partial charge in [-0.15, -0.1) is 10.2 Å². The third-order valence-electron chi connectivity index (χ3n) is 3.81. The van der Waals surface area contributed by atoms with Crippen LogP contribution in [-0.2, 0) is 4.79 Å². The number of amides is 1. The highest BCUT2D eigenvalue weighted by atomic mass is 16.1. The zero-order valence-corrected chi connectivity index (χ0v) is 13.2. The lowest BCUT2D eigenvalue weighted by atomic mass is 10.1. The summed E-state index contributed by atoms with van der Waals surface area (Å²) < 4.78 is 0. The molecule has 2 aromatic rings.